The van der Waals surface area contributed by atoms with Gasteiger partial charge in [-0.1, -0.05) is 0 Å². The van der Waals surface area contributed by atoms with Crippen LogP contribution in [0.1, 0.15) is 11.7 Å². The largest absolute Gasteiger partial charge is 0.502 e. The number of phenols is 1. The Kier molecular flexibility index (Phi) is 4.48. The van der Waals surface area contributed by atoms with Crippen LogP contribution >= 0.6 is 0 Å². The lowest BCUT2D eigenvalue weighted by molar-refractivity contribution is -0.0119. The predicted octanol–water partition coefficient (Wildman–Crippen LogP) is 2.39. The minimum Gasteiger partial charge on any atom is -0.502 e. The number of aromatic hydroxyl groups is 1. The Hall–Kier alpha value is -3.39. The van der Waals surface area contributed by atoms with Gasteiger partial charge in [0.05, 0.1) is 20.8 Å². The molecular formula is C20H18O8. The summed E-state index contributed by atoms with van der Waals surface area (Å²) in [6.45, 7) is -0.358. The summed E-state index contributed by atoms with van der Waals surface area (Å²) in [5.74, 6) is 0.875. The van der Waals surface area contributed by atoms with Gasteiger partial charge in [0, 0.05) is 17.0 Å². The molecule has 0 aliphatic carbocycles. The Morgan fingerprint density at radius 3 is 2.36 bits per heavy atom. The molecule has 0 saturated heterocycles. The molecular weight excluding hydrogens is 368 g/mol. The molecule has 2 N–H and O–H groups in total. The average molecular weight is 386 g/mol. The normalized spacial score (nSPS) is 18.1. The Balaban J connectivity index is 1.82. The zero-order valence-electron chi connectivity index (χ0n) is 15.2. The second kappa shape index (κ2) is 6.97. The van der Waals surface area contributed by atoms with E-state index in [0.717, 1.165) is 0 Å². The predicted molar refractivity (Wildman–Crippen MR) is 98.6 cm³/mol. The van der Waals surface area contributed by atoms with E-state index in [1.165, 1.54) is 20.3 Å². The molecule has 28 heavy (non-hydrogen) atoms. The summed E-state index contributed by atoms with van der Waals surface area (Å²) in [6, 6.07) is 9.56. The number of rotatable bonds is 4. The van der Waals surface area contributed by atoms with Crippen LogP contribution in [0, 0.1) is 0 Å². The highest BCUT2D eigenvalue weighted by atomic mass is 16.6. The summed E-state index contributed by atoms with van der Waals surface area (Å²) in [7, 11) is 2.84. The lowest BCUT2D eigenvalue weighted by Gasteiger charge is -2.33. The van der Waals surface area contributed by atoms with Crippen LogP contribution in [0.15, 0.2) is 45.6 Å². The van der Waals surface area contributed by atoms with Crippen LogP contribution in [-0.4, -0.2) is 37.1 Å². The van der Waals surface area contributed by atoms with Crippen LogP contribution in [0.25, 0.3) is 11.0 Å². The molecule has 0 radical (unpaired) electrons. The van der Waals surface area contributed by atoms with Gasteiger partial charge in [0.15, 0.2) is 35.0 Å². The SMILES string of the molecule is COc1cc([C@@H]2Oc3ccc4ccc(=O)oc4c3O[C@H]2CO)cc(OC)c1O. The van der Waals surface area contributed by atoms with E-state index >= 15 is 0 Å². The monoisotopic (exact) mass is 386 g/mol. The molecule has 0 spiro atoms. The molecule has 0 unspecified atom stereocenters. The van der Waals surface area contributed by atoms with Crippen molar-refractivity contribution in [1.82, 2.24) is 0 Å². The molecule has 0 fully saturated rings. The van der Waals surface area contributed by atoms with Crippen molar-refractivity contribution in [2.45, 2.75) is 12.2 Å². The van der Waals surface area contributed by atoms with Crippen LogP contribution < -0.4 is 24.6 Å². The highest BCUT2D eigenvalue weighted by Gasteiger charge is 2.35. The summed E-state index contributed by atoms with van der Waals surface area (Å²) >= 11 is 0. The van der Waals surface area contributed by atoms with Crippen LogP contribution in [0.5, 0.6) is 28.7 Å². The molecule has 2 heterocycles. The van der Waals surface area contributed by atoms with Crippen molar-refractivity contribution >= 4 is 11.0 Å². The Morgan fingerprint density at radius 2 is 1.71 bits per heavy atom. The fourth-order valence-electron chi connectivity index (χ4n) is 3.21. The van der Waals surface area contributed by atoms with Gasteiger partial charge in [0.25, 0.3) is 0 Å². The summed E-state index contributed by atoms with van der Waals surface area (Å²) in [6.07, 6.45) is -1.50. The smallest absolute Gasteiger partial charge is 0.336 e. The number of ether oxygens (including phenoxy) is 4. The first kappa shape index (κ1) is 18.0. The van der Waals surface area contributed by atoms with Crippen molar-refractivity contribution < 1.29 is 33.6 Å². The molecule has 8 nitrogen and oxygen atoms in total. The first-order valence-corrected chi connectivity index (χ1v) is 8.51. The van der Waals surface area contributed by atoms with Crippen LogP contribution in [-0.2, 0) is 0 Å². The van der Waals surface area contributed by atoms with E-state index < -0.39 is 17.8 Å². The van der Waals surface area contributed by atoms with Crippen molar-refractivity contribution in [3.8, 4) is 28.7 Å². The second-order valence-corrected chi connectivity index (χ2v) is 6.22. The first-order chi connectivity index (χ1) is 13.5. The number of phenolic OH excluding ortho intramolecular Hbond substituents is 1. The Labute approximate surface area is 159 Å². The van der Waals surface area contributed by atoms with Gasteiger partial charge in [-0.15, -0.1) is 0 Å². The van der Waals surface area contributed by atoms with E-state index in [0.29, 0.717) is 16.7 Å². The zero-order chi connectivity index (χ0) is 19.8. The minimum absolute atomic E-state index is 0.140. The molecule has 1 aromatic heterocycles. The molecule has 4 rings (SSSR count). The van der Waals surface area contributed by atoms with E-state index in [9.17, 15) is 15.0 Å². The molecule has 2 atom stereocenters. The van der Waals surface area contributed by atoms with Crippen molar-refractivity contribution in [2.24, 2.45) is 0 Å². The average Bonchev–Trinajstić information content (AvgIpc) is 2.72. The number of hydrogen-bond acceptors (Lipinski definition) is 8. The van der Waals surface area contributed by atoms with Gasteiger partial charge in [-0.3, -0.25) is 0 Å². The van der Waals surface area contributed by atoms with Gasteiger partial charge < -0.3 is 33.6 Å². The van der Waals surface area contributed by atoms with Crippen molar-refractivity contribution in [2.75, 3.05) is 20.8 Å². The highest BCUT2D eigenvalue weighted by Crippen LogP contribution is 2.46. The number of hydrogen-bond donors (Lipinski definition) is 2. The van der Waals surface area contributed by atoms with Crippen LogP contribution in [0.4, 0.5) is 0 Å². The van der Waals surface area contributed by atoms with E-state index in [-0.39, 0.29) is 35.2 Å². The molecule has 1 aliphatic heterocycles. The number of aliphatic hydroxyl groups is 1. The summed E-state index contributed by atoms with van der Waals surface area (Å²) in [4.78, 5) is 11.6. The summed E-state index contributed by atoms with van der Waals surface area (Å²) in [5.41, 5.74) is 0.314. The van der Waals surface area contributed by atoms with E-state index in [1.807, 2.05) is 0 Å². The number of fused-ring (bicyclic) bond motifs is 3. The zero-order valence-corrected chi connectivity index (χ0v) is 15.2. The first-order valence-electron chi connectivity index (χ1n) is 8.51. The summed E-state index contributed by atoms with van der Waals surface area (Å²) < 4.78 is 27.7. The maximum atomic E-state index is 11.6. The maximum absolute atomic E-state index is 11.6. The maximum Gasteiger partial charge on any atom is 0.336 e. The Morgan fingerprint density at radius 1 is 1.04 bits per heavy atom. The molecule has 2 aromatic carbocycles. The van der Waals surface area contributed by atoms with Crippen molar-refractivity contribution in [3.05, 3.63) is 52.4 Å². The fourth-order valence-corrected chi connectivity index (χ4v) is 3.21. The van der Waals surface area contributed by atoms with E-state index in [4.69, 9.17) is 23.4 Å². The van der Waals surface area contributed by atoms with Gasteiger partial charge >= 0.3 is 5.63 Å². The van der Waals surface area contributed by atoms with Gasteiger partial charge in [0.2, 0.25) is 11.5 Å². The molecule has 146 valence electrons. The molecule has 8 heteroatoms. The molecule has 0 amide bonds. The lowest BCUT2D eigenvalue weighted by atomic mass is 10.0. The third kappa shape index (κ3) is 2.87. The molecule has 1 aliphatic rings. The van der Waals surface area contributed by atoms with Gasteiger partial charge in [-0.2, -0.15) is 0 Å². The van der Waals surface area contributed by atoms with Gasteiger partial charge in [-0.25, -0.2) is 4.79 Å². The van der Waals surface area contributed by atoms with Gasteiger partial charge in [0.1, 0.15) is 0 Å². The third-order valence-corrected chi connectivity index (χ3v) is 4.58. The molecule has 0 bridgehead atoms. The van der Waals surface area contributed by atoms with Gasteiger partial charge in [-0.05, 0) is 30.3 Å². The number of aliphatic hydroxyl groups excluding tert-OH is 1. The number of benzene rings is 2. The standard InChI is InChI=1S/C20H18O8/c1-24-13-7-11(8-14(25-2)17(13)23)18-15(9-21)27-20-12(26-18)5-3-10-4-6-16(22)28-19(10)20/h3-8,15,18,21,23H,9H2,1-2H3/t15-,18-/m0/s1. The van der Waals surface area contributed by atoms with Crippen LogP contribution in [0.3, 0.4) is 0 Å². The highest BCUT2D eigenvalue weighted by molar-refractivity contribution is 5.85. The third-order valence-electron chi connectivity index (χ3n) is 4.58. The quantitative estimate of drug-likeness (QED) is 0.658. The summed E-state index contributed by atoms with van der Waals surface area (Å²) in [5, 5.41) is 20.7. The van der Waals surface area contributed by atoms with Crippen molar-refractivity contribution in [1.29, 1.82) is 0 Å². The second-order valence-electron chi connectivity index (χ2n) is 6.22. The topological polar surface area (TPSA) is 108 Å². The lowest BCUT2D eigenvalue weighted by Crippen LogP contribution is -2.36. The van der Waals surface area contributed by atoms with Crippen molar-refractivity contribution in [3.63, 3.8) is 0 Å². The van der Waals surface area contributed by atoms with E-state index in [1.54, 1.807) is 30.3 Å². The Bertz CT molecular complexity index is 1060. The van der Waals surface area contributed by atoms with E-state index in [2.05, 4.69) is 0 Å². The minimum atomic E-state index is -0.789. The molecule has 3 aromatic rings. The number of methoxy groups -OCH3 is 2. The van der Waals surface area contributed by atoms with Crippen LogP contribution in [0.2, 0.25) is 0 Å². The molecule has 0 saturated carbocycles. The fraction of sp³-hybridized carbons (Fsp3) is 0.250.